The van der Waals surface area contributed by atoms with Gasteiger partial charge in [0, 0.05) is 22.5 Å². The van der Waals surface area contributed by atoms with Gasteiger partial charge in [-0.05, 0) is 30.3 Å². The monoisotopic (exact) mass is 318 g/mol. The molecule has 1 atom stereocenters. The molecule has 112 valence electrons. The first-order valence-electron chi connectivity index (χ1n) is 6.50. The highest BCUT2D eigenvalue weighted by Crippen LogP contribution is 2.25. The Bertz CT molecular complexity index is 902. The molecule has 1 heterocycles. The van der Waals surface area contributed by atoms with E-state index >= 15 is 0 Å². The summed E-state index contributed by atoms with van der Waals surface area (Å²) in [5.41, 5.74) is 1.36. The van der Waals surface area contributed by atoms with Gasteiger partial charge in [-0.3, -0.25) is 8.78 Å². The molecule has 0 bridgehead atoms. The third-order valence-electron chi connectivity index (χ3n) is 3.17. The second-order valence-corrected chi connectivity index (χ2v) is 5.94. The molecule has 0 fully saturated rings. The maximum absolute atomic E-state index is 14.2. The summed E-state index contributed by atoms with van der Waals surface area (Å²) in [6.45, 7) is 0. The van der Waals surface area contributed by atoms with Crippen molar-refractivity contribution in [1.29, 1.82) is 0 Å². The minimum Gasteiger partial charge on any atom is -0.290 e. The number of halogens is 2. The highest BCUT2D eigenvalue weighted by molar-refractivity contribution is 7.87. The van der Waals surface area contributed by atoms with Crippen LogP contribution in [0.15, 0.2) is 47.9 Å². The molecule has 3 rings (SSSR count). The number of aromatic nitrogens is 2. The van der Waals surface area contributed by atoms with Crippen LogP contribution in [-0.4, -0.2) is 20.0 Å². The first kappa shape index (κ1) is 14.6. The fourth-order valence-electron chi connectivity index (χ4n) is 2.23. The topological polar surface area (TPSA) is 34.9 Å². The summed E-state index contributed by atoms with van der Waals surface area (Å²) in [5, 5.41) is 1.45. The molecule has 0 saturated carbocycles. The van der Waals surface area contributed by atoms with E-state index in [0.717, 1.165) is 6.07 Å². The largest absolute Gasteiger partial charge is 0.290 e. The van der Waals surface area contributed by atoms with E-state index in [1.807, 2.05) is 6.07 Å². The molecule has 0 aliphatic carbocycles. The van der Waals surface area contributed by atoms with Gasteiger partial charge in [-0.1, -0.05) is 18.2 Å². The van der Waals surface area contributed by atoms with Crippen LogP contribution >= 0.6 is 0 Å². The lowest BCUT2D eigenvalue weighted by molar-refractivity contribution is 0.505. The van der Waals surface area contributed by atoms with Crippen LogP contribution in [0.1, 0.15) is 5.82 Å². The van der Waals surface area contributed by atoms with Gasteiger partial charge < -0.3 is 0 Å². The molecule has 22 heavy (non-hydrogen) atoms. The average Bonchev–Trinajstić information content (AvgIpc) is 2.86. The zero-order valence-electron chi connectivity index (χ0n) is 11.7. The Morgan fingerprint density at radius 2 is 1.91 bits per heavy atom. The minimum absolute atomic E-state index is 0.0650. The SMILES string of the molecule is CS(=O)C=Cc1nc2ccccc2n1-c1cccc(F)c1F. The van der Waals surface area contributed by atoms with E-state index in [9.17, 15) is 13.0 Å². The summed E-state index contributed by atoms with van der Waals surface area (Å²) in [6, 6.07) is 11.1. The van der Waals surface area contributed by atoms with E-state index in [0.29, 0.717) is 16.9 Å². The van der Waals surface area contributed by atoms with E-state index in [-0.39, 0.29) is 5.69 Å². The first-order valence-corrected chi connectivity index (χ1v) is 8.12. The van der Waals surface area contributed by atoms with Gasteiger partial charge in [0.05, 0.1) is 16.7 Å². The zero-order valence-corrected chi connectivity index (χ0v) is 12.5. The molecule has 0 spiro atoms. The molecule has 6 heteroatoms. The van der Waals surface area contributed by atoms with Crippen LogP contribution in [-0.2, 0) is 10.8 Å². The molecule has 3 aromatic rings. The van der Waals surface area contributed by atoms with Gasteiger partial charge in [-0.2, -0.15) is 0 Å². The summed E-state index contributed by atoms with van der Waals surface area (Å²) < 4.78 is 40.5. The van der Waals surface area contributed by atoms with Crippen LogP contribution in [0.4, 0.5) is 8.78 Å². The van der Waals surface area contributed by atoms with Crippen LogP contribution in [0.5, 0.6) is 0 Å². The van der Waals surface area contributed by atoms with Gasteiger partial charge in [0.1, 0.15) is 5.82 Å². The van der Waals surface area contributed by atoms with E-state index in [1.165, 1.54) is 28.4 Å². The lowest BCUT2D eigenvalue weighted by Crippen LogP contribution is -2.02. The highest BCUT2D eigenvalue weighted by Gasteiger charge is 2.15. The maximum Gasteiger partial charge on any atom is 0.182 e. The summed E-state index contributed by atoms with van der Waals surface area (Å²) in [6.07, 6.45) is 3.06. The number of nitrogens with zero attached hydrogens (tertiary/aromatic N) is 2. The van der Waals surface area contributed by atoms with Gasteiger partial charge in [0.15, 0.2) is 11.6 Å². The normalized spacial score (nSPS) is 13.0. The highest BCUT2D eigenvalue weighted by atomic mass is 32.2. The predicted molar refractivity (Wildman–Crippen MR) is 84.1 cm³/mol. The van der Waals surface area contributed by atoms with Crippen LogP contribution < -0.4 is 0 Å². The zero-order chi connectivity index (χ0) is 15.7. The summed E-state index contributed by atoms with van der Waals surface area (Å²) in [4.78, 5) is 4.38. The Labute approximate surface area is 128 Å². The second-order valence-electron chi connectivity index (χ2n) is 4.67. The van der Waals surface area contributed by atoms with Gasteiger partial charge in [0.2, 0.25) is 0 Å². The standard InChI is InChI=1S/C16H12F2N2OS/c1-22(21)10-9-15-19-12-6-2-3-7-13(12)20(15)14-8-4-5-11(17)16(14)18/h2-10H,1H3. The van der Waals surface area contributed by atoms with Gasteiger partial charge in [0.25, 0.3) is 0 Å². The van der Waals surface area contributed by atoms with Crippen molar-refractivity contribution >= 4 is 27.9 Å². The van der Waals surface area contributed by atoms with Gasteiger partial charge >= 0.3 is 0 Å². The summed E-state index contributed by atoms with van der Waals surface area (Å²) >= 11 is 0. The number of benzene rings is 2. The van der Waals surface area contributed by atoms with Crippen LogP contribution in [0, 0.1) is 11.6 Å². The van der Waals surface area contributed by atoms with Crippen LogP contribution in [0.3, 0.4) is 0 Å². The number of imidazole rings is 1. The van der Waals surface area contributed by atoms with E-state index < -0.39 is 22.4 Å². The van der Waals surface area contributed by atoms with Crippen molar-refractivity contribution in [2.24, 2.45) is 0 Å². The third-order valence-corrected chi connectivity index (χ3v) is 3.69. The Kier molecular flexibility index (Phi) is 3.85. The third kappa shape index (κ3) is 2.57. The molecule has 0 aliphatic heterocycles. The number of rotatable bonds is 3. The van der Waals surface area contributed by atoms with Crippen molar-refractivity contribution in [3.8, 4) is 5.69 Å². The Morgan fingerprint density at radius 3 is 2.68 bits per heavy atom. The van der Waals surface area contributed by atoms with Gasteiger partial charge in [-0.25, -0.2) is 13.8 Å². The molecular weight excluding hydrogens is 306 g/mol. The van der Waals surface area contributed by atoms with Crippen molar-refractivity contribution in [3.05, 3.63) is 65.3 Å². The maximum atomic E-state index is 14.2. The molecule has 0 aliphatic rings. The molecule has 1 aromatic heterocycles. The molecule has 0 saturated heterocycles. The predicted octanol–water partition coefficient (Wildman–Crippen LogP) is 3.65. The molecule has 0 amide bonds. The summed E-state index contributed by atoms with van der Waals surface area (Å²) in [5.74, 6) is -1.48. The number of hydrogen-bond acceptors (Lipinski definition) is 2. The van der Waals surface area contributed by atoms with Crippen molar-refractivity contribution < 1.29 is 13.0 Å². The Balaban J connectivity index is 2.32. The van der Waals surface area contributed by atoms with E-state index in [1.54, 1.807) is 24.3 Å². The fraction of sp³-hybridized carbons (Fsp3) is 0.0625. The number of hydrogen-bond donors (Lipinski definition) is 0. The molecule has 0 radical (unpaired) electrons. The molecule has 0 N–H and O–H groups in total. The van der Waals surface area contributed by atoms with E-state index in [2.05, 4.69) is 4.98 Å². The minimum atomic E-state index is -1.16. The fourth-order valence-corrected chi connectivity index (χ4v) is 2.54. The van der Waals surface area contributed by atoms with Crippen molar-refractivity contribution in [1.82, 2.24) is 9.55 Å². The van der Waals surface area contributed by atoms with Crippen LogP contribution in [0.25, 0.3) is 22.8 Å². The molecule has 3 nitrogen and oxygen atoms in total. The number of para-hydroxylation sites is 2. The van der Waals surface area contributed by atoms with E-state index in [4.69, 9.17) is 0 Å². The Hall–Kier alpha value is -2.34. The first-order chi connectivity index (χ1) is 10.6. The second kappa shape index (κ2) is 5.81. The smallest absolute Gasteiger partial charge is 0.182 e. The lowest BCUT2D eigenvalue weighted by Gasteiger charge is -2.08. The Morgan fingerprint density at radius 1 is 1.14 bits per heavy atom. The van der Waals surface area contributed by atoms with Crippen molar-refractivity contribution in [2.75, 3.05) is 6.26 Å². The summed E-state index contributed by atoms with van der Waals surface area (Å²) in [7, 11) is -1.16. The molecule has 1 unspecified atom stereocenters. The molecule has 2 aromatic carbocycles. The average molecular weight is 318 g/mol. The van der Waals surface area contributed by atoms with Crippen molar-refractivity contribution in [2.45, 2.75) is 0 Å². The van der Waals surface area contributed by atoms with Crippen molar-refractivity contribution in [3.63, 3.8) is 0 Å². The van der Waals surface area contributed by atoms with Gasteiger partial charge in [-0.15, -0.1) is 0 Å². The van der Waals surface area contributed by atoms with Crippen LogP contribution in [0.2, 0.25) is 0 Å². The number of fused-ring (bicyclic) bond motifs is 1. The lowest BCUT2D eigenvalue weighted by atomic mass is 10.2. The molecular formula is C16H12F2N2OS. The quantitative estimate of drug-likeness (QED) is 0.739.